The number of aromatic nitrogens is 1. The molecule has 3 aromatic rings. The topological polar surface area (TPSA) is 77.8 Å². The molecule has 1 atom stereocenters. The second kappa shape index (κ2) is 8.35. The molecule has 160 valence electrons. The molecule has 0 fully saturated rings. The van der Waals surface area contributed by atoms with E-state index in [4.69, 9.17) is 9.47 Å². The number of nitrogens with zero attached hydrogens (tertiary/aromatic N) is 2. The average Bonchev–Trinajstić information content (AvgIpc) is 3.09. The molecule has 0 N–H and O–H groups in total. The van der Waals surface area contributed by atoms with Gasteiger partial charge in [0.15, 0.2) is 0 Å². The maximum absolute atomic E-state index is 13.5. The average molecular weight is 442 g/mol. The minimum Gasteiger partial charge on any atom is -0.496 e. The standard InChI is InChI=1S/C22H19FN2O5S/c1-29-17-6-4-3-5-15(17)16-11-18(26)25(14-9-7-13(23)8-10-14)21-20(16)31-22(28)24(21)12-19(27)30-2/h3-10,16H,11-12H2,1-2H3/t16-/m1/s1. The van der Waals surface area contributed by atoms with Crippen LogP contribution in [0.2, 0.25) is 0 Å². The van der Waals surface area contributed by atoms with Crippen molar-refractivity contribution < 1.29 is 23.5 Å². The lowest BCUT2D eigenvalue weighted by atomic mass is 9.89. The number of ether oxygens (including phenoxy) is 2. The molecule has 0 aliphatic carbocycles. The molecule has 31 heavy (non-hydrogen) atoms. The van der Waals surface area contributed by atoms with E-state index < -0.39 is 22.6 Å². The van der Waals surface area contributed by atoms with Gasteiger partial charge in [-0.1, -0.05) is 29.5 Å². The Morgan fingerprint density at radius 2 is 1.84 bits per heavy atom. The summed E-state index contributed by atoms with van der Waals surface area (Å²) in [5.41, 5.74) is 1.17. The number of rotatable bonds is 5. The Balaban J connectivity index is 1.94. The van der Waals surface area contributed by atoms with Crippen LogP contribution in [0.15, 0.2) is 53.3 Å². The van der Waals surface area contributed by atoms with Crippen LogP contribution in [0, 0.1) is 5.82 Å². The van der Waals surface area contributed by atoms with Gasteiger partial charge in [0.1, 0.15) is 23.9 Å². The van der Waals surface area contributed by atoms with Crippen LogP contribution in [0.3, 0.4) is 0 Å². The van der Waals surface area contributed by atoms with E-state index in [1.165, 1.54) is 40.8 Å². The Labute approximate surface area is 181 Å². The largest absolute Gasteiger partial charge is 0.496 e. The highest BCUT2D eigenvalue weighted by molar-refractivity contribution is 7.10. The van der Waals surface area contributed by atoms with E-state index in [9.17, 15) is 18.8 Å². The van der Waals surface area contributed by atoms with E-state index in [1.54, 1.807) is 13.2 Å². The smallest absolute Gasteiger partial charge is 0.325 e. The summed E-state index contributed by atoms with van der Waals surface area (Å²) in [6.07, 6.45) is 0.0862. The number of thiazole rings is 1. The number of fused-ring (bicyclic) bond motifs is 1. The van der Waals surface area contributed by atoms with Gasteiger partial charge in [0.25, 0.3) is 0 Å². The van der Waals surface area contributed by atoms with Gasteiger partial charge in [0.05, 0.1) is 24.8 Å². The van der Waals surface area contributed by atoms with Gasteiger partial charge in [-0.05, 0) is 30.3 Å². The van der Waals surface area contributed by atoms with Gasteiger partial charge in [-0.25, -0.2) is 4.39 Å². The van der Waals surface area contributed by atoms with Gasteiger partial charge in [0, 0.05) is 17.9 Å². The van der Waals surface area contributed by atoms with Crippen molar-refractivity contribution in [1.29, 1.82) is 0 Å². The molecule has 0 unspecified atom stereocenters. The number of amides is 1. The predicted molar refractivity (Wildman–Crippen MR) is 114 cm³/mol. The third kappa shape index (κ3) is 3.72. The third-order valence-corrected chi connectivity index (χ3v) is 6.25. The SMILES string of the molecule is COC(=O)Cn1c2c(sc1=O)[C@@H](c1ccccc1OC)CC(=O)N2c1ccc(F)cc1. The van der Waals surface area contributed by atoms with Gasteiger partial charge >= 0.3 is 10.8 Å². The van der Waals surface area contributed by atoms with E-state index in [2.05, 4.69) is 0 Å². The lowest BCUT2D eigenvalue weighted by Crippen LogP contribution is -2.36. The molecule has 1 amide bonds. The maximum atomic E-state index is 13.5. The van der Waals surface area contributed by atoms with E-state index in [1.807, 2.05) is 18.2 Å². The first kappa shape index (κ1) is 20.8. The predicted octanol–water partition coefficient (Wildman–Crippen LogP) is 3.43. The van der Waals surface area contributed by atoms with Crippen molar-refractivity contribution in [2.75, 3.05) is 19.1 Å². The fraction of sp³-hybridized carbons (Fsp3) is 0.227. The molecule has 2 aromatic carbocycles. The number of anilines is 2. The molecular weight excluding hydrogens is 423 g/mol. The zero-order valence-corrected chi connectivity index (χ0v) is 17.6. The molecule has 1 aliphatic rings. The zero-order chi connectivity index (χ0) is 22.1. The molecule has 2 heterocycles. The Hall–Kier alpha value is -3.46. The Kier molecular flexibility index (Phi) is 5.60. The Morgan fingerprint density at radius 1 is 1.13 bits per heavy atom. The van der Waals surface area contributed by atoms with Crippen molar-refractivity contribution in [3.8, 4) is 5.75 Å². The summed E-state index contributed by atoms with van der Waals surface area (Å²) in [7, 11) is 2.77. The van der Waals surface area contributed by atoms with Crippen LogP contribution >= 0.6 is 11.3 Å². The summed E-state index contributed by atoms with van der Waals surface area (Å²) in [6, 6.07) is 12.7. The number of halogens is 1. The van der Waals surface area contributed by atoms with Crippen molar-refractivity contribution in [3.63, 3.8) is 0 Å². The highest BCUT2D eigenvalue weighted by Crippen LogP contribution is 2.46. The fourth-order valence-corrected chi connectivity index (χ4v) is 4.84. The number of benzene rings is 2. The van der Waals surface area contributed by atoms with Gasteiger partial charge in [-0.15, -0.1) is 0 Å². The molecule has 0 saturated heterocycles. The summed E-state index contributed by atoms with van der Waals surface area (Å²) in [5.74, 6) is -0.884. The summed E-state index contributed by atoms with van der Waals surface area (Å²) < 4.78 is 24.9. The summed E-state index contributed by atoms with van der Waals surface area (Å²) in [5, 5.41) is 0. The quantitative estimate of drug-likeness (QED) is 0.566. The van der Waals surface area contributed by atoms with E-state index in [-0.39, 0.29) is 18.9 Å². The second-order valence-electron chi connectivity index (χ2n) is 6.92. The van der Waals surface area contributed by atoms with E-state index >= 15 is 0 Å². The number of para-hydroxylation sites is 1. The highest BCUT2D eigenvalue weighted by atomic mass is 32.1. The number of methoxy groups -OCH3 is 2. The molecule has 0 bridgehead atoms. The number of carbonyl (C=O) groups excluding carboxylic acids is 2. The van der Waals surface area contributed by atoms with Crippen molar-refractivity contribution in [3.05, 3.63) is 74.5 Å². The summed E-state index contributed by atoms with van der Waals surface area (Å²) in [4.78, 5) is 39.8. The highest BCUT2D eigenvalue weighted by Gasteiger charge is 2.39. The van der Waals surface area contributed by atoms with Crippen molar-refractivity contribution in [1.82, 2.24) is 4.57 Å². The molecule has 7 nitrogen and oxygen atoms in total. The number of carbonyl (C=O) groups is 2. The summed E-state index contributed by atoms with van der Waals surface area (Å²) >= 11 is 0.971. The molecule has 4 rings (SSSR count). The Morgan fingerprint density at radius 3 is 2.52 bits per heavy atom. The second-order valence-corrected chi connectivity index (χ2v) is 7.92. The maximum Gasteiger partial charge on any atom is 0.325 e. The molecule has 1 aromatic heterocycles. The normalized spacial score (nSPS) is 15.5. The number of hydrogen-bond donors (Lipinski definition) is 0. The van der Waals surface area contributed by atoms with Crippen LogP contribution < -0.4 is 14.5 Å². The van der Waals surface area contributed by atoms with Crippen molar-refractivity contribution in [2.45, 2.75) is 18.9 Å². The first-order chi connectivity index (χ1) is 14.9. The van der Waals surface area contributed by atoms with Crippen LogP contribution in [-0.2, 0) is 20.9 Å². The molecule has 9 heteroatoms. The molecular formula is C22H19FN2O5S. The minimum absolute atomic E-state index is 0.0862. The van der Waals surface area contributed by atoms with Crippen LogP contribution in [0.5, 0.6) is 5.75 Å². The zero-order valence-electron chi connectivity index (χ0n) is 16.8. The molecule has 1 aliphatic heterocycles. The Bertz CT molecular complexity index is 1200. The van der Waals surface area contributed by atoms with Crippen molar-refractivity contribution in [2.24, 2.45) is 0 Å². The first-order valence-corrected chi connectivity index (χ1v) is 10.3. The monoisotopic (exact) mass is 442 g/mol. The van der Waals surface area contributed by atoms with Crippen LogP contribution in [0.4, 0.5) is 15.9 Å². The van der Waals surface area contributed by atoms with Crippen LogP contribution in [-0.4, -0.2) is 30.7 Å². The van der Waals surface area contributed by atoms with Gasteiger partial charge in [-0.2, -0.15) is 0 Å². The van der Waals surface area contributed by atoms with Gasteiger partial charge < -0.3 is 9.47 Å². The fourth-order valence-electron chi connectivity index (χ4n) is 3.74. The molecule has 0 radical (unpaired) electrons. The van der Waals surface area contributed by atoms with Crippen LogP contribution in [0.25, 0.3) is 0 Å². The minimum atomic E-state index is -0.617. The summed E-state index contributed by atoms with van der Waals surface area (Å²) in [6.45, 7) is -0.342. The van der Waals surface area contributed by atoms with Gasteiger partial charge in [-0.3, -0.25) is 23.9 Å². The molecule has 0 spiro atoms. The van der Waals surface area contributed by atoms with Crippen LogP contribution in [0.1, 0.15) is 22.8 Å². The number of esters is 1. The third-order valence-electron chi connectivity index (χ3n) is 5.16. The first-order valence-electron chi connectivity index (χ1n) is 9.46. The number of hydrogen-bond acceptors (Lipinski definition) is 6. The van der Waals surface area contributed by atoms with Crippen molar-refractivity contribution >= 4 is 34.7 Å². The molecule has 0 saturated carbocycles. The van der Waals surface area contributed by atoms with E-state index in [0.29, 0.717) is 22.1 Å². The van der Waals surface area contributed by atoms with Gasteiger partial charge in [0.2, 0.25) is 5.91 Å². The lowest BCUT2D eigenvalue weighted by molar-refractivity contribution is -0.141. The lowest BCUT2D eigenvalue weighted by Gasteiger charge is -2.33. The van der Waals surface area contributed by atoms with E-state index in [0.717, 1.165) is 16.9 Å².